The van der Waals surface area contributed by atoms with Crippen molar-refractivity contribution in [3.63, 3.8) is 0 Å². The molecule has 1 aliphatic carbocycles. The molecular weight excluding hydrogens is 356 g/mol. The maximum atomic E-state index is 13.4. The predicted molar refractivity (Wildman–Crippen MR) is 94.1 cm³/mol. The SMILES string of the molecule is O=C(NCCCN1CCOCC1)c1cc2nc(C3CC3)cc(C(F)F)n2n1. The highest BCUT2D eigenvalue weighted by Gasteiger charge is 2.28. The van der Waals surface area contributed by atoms with Gasteiger partial charge in [0.05, 0.1) is 13.2 Å². The Morgan fingerprint density at radius 2 is 2.07 bits per heavy atom. The number of nitrogens with one attached hydrogen (secondary N) is 1. The highest BCUT2D eigenvalue weighted by Crippen LogP contribution is 2.40. The van der Waals surface area contributed by atoms with Gasteiger partial charge in [-0.1, -0.05) is 0 Å². The number of fused-ring (bicyclic) bond motifs is 1. The second kappa shape index (κ2) is 7.85. The van der Waals surface area contributed by atoms with Gasteiger partial charge < -0.3 is 10.1 Å². The van der Waals surface area contributed by atoms with Gasteiger partial charge >= 0.3 is 0 Å². The molecule has 3 heterocycles. The average molecular weight is 379 g/mol. The van der Waals surface area contributed by atoms with Crippen molar-refractivity contribution >= 4 is 11.6 Å². The number of carbonyl (C=O) groups excluding carboxylic acids is 1. The van der Waals surface area contributed by atoms with Crippen molar-refractivity contribution in [3.8, 4) is 0 Å². The average Bonchev–Trinajstić information content (AvgIpc) is 3.43. The third kappa shape index (κ3) is 4.24. The van der Waals surface area contributed by atoms with Gasteiger partial charge in [0.2, 0.25) is 0 Å². The van der Waals surface area contributed by atoms with Crippen LogP contribution in [0.25, 0.3) is 5.65 Å². The molecule has 2 aromatic heterocycles. The molecule has 0 unspecified atom stereocenters. The van der Waals surface area contributed by atoms with E-state index in [4.69, 9.17) is 4.74 Å². The zero-order chi connectivity index (χ0) is 18.8. The molecule has 2 aliphatic rings. The molecule has 1 aliphatic heterocycles. The van der Waals surface area contributed by atoms with Crippen molar-refractivity contribution in [2.24, 2.45) is 0 Å². The van der Waals surface area contributed by atoms with Crippen LogP contribution in [0.1, 0.15) is 53.5 Å². The lowest BCUT2D eigenvalue weighted by Gasteiger charge is -2.26. The lowest BCUT2D eigenvalue weighted by atomic mass is 10.2. The Morgan fingerprint density at radius 1 is 1.30 bits per heavy atom. The fraction of sp³-hybridized carbons (Fsp3) is 0.611. The largest absolute Gasteiger partial charge is 0.379 e. The van der Waals surface area contributed by atoms with E-state index in [1.165, 1.54) is 12.1 Å². The Hall–Kier alpha value is -2.13. The number of alkyl halides is 2. The number of halogens is 2. The zero-order valence-electron chi connectivity index (χ0n) is 15.0. The van der Waals surface area contributed by atoms with Crippen molar-refractivity contribution in [2.75, 3.05) is 39.4 Å². The molecule has 1 saturated carbocycles. The molecule has 1 N–H and O–H groups in total. The summed E-state index contributed by atoms with van der Waals surface area (Å²) in [6.07, 6.45) is 0.0793. The van der Waals surface area contributed by atoms with Crippen LogP contribution in [0.5, 0.6) is 0 Å². The number of morpholine rings is 1. The molecule has 7 nitrogen and oxygen atoms in total. The van der Waals surface area contributed by atoms with E-state index >= 15 is 0 Å². The number of hydrogen-bond donors (Lipinski definition) is 1. The van der Waals surface area contributed by atoms with Crippen molar-refractivity contribution < 1.29 is 18.3 Å². The molecule has 2 fully saturated rings. The number of ether oxygens (including phenoxy) is 1. The third-order valence-corrected chi connectivity index (χ3v) is 4.97. The maximum absolute atomic E-state index is 13.4. The van der Waals surface area contributed by atoms with E-state index in [0.29, 0.717) is 17.9 Å². The normalized spacial score (nSPS) is 18.3. The summed E-state index contributed by atoms with van der Waals surface area (Å²) in [5.74, 6) is -0.115. The number of hydrogen-bond acceptors (Lipinski definition) is 5. The summed E-state index contributed by atoms with van der Waals surface area (Å²) in [5.41, 5.74) is 0.861. The lowest BCUT2D eigenvalue weighted by Crippen LogP contribution is -2.38. The number of aromatic nitrogens is 3. The van der Waals surface area contributed by atoms with Gasteiger partial charge in [0.1, 0.15) is 5.69 Å². The van der Waals surface area contributed by atoms with Gasteiger partial charge in [0, 0.05) is 37.3 Å². The van der Waals surface area contributed by atoms with Crippen LogP contribution in [0.3, 0.4) is 0 Å². The first-order valence-electron chi connectivity index (χ1n) is 9.39. The van der Waals surface area contributed by atoms with E-state index in [1.54, 1.807) is 0 Å². The molecule has 1 saturated heterocycles. The van der Waals surface area contributed by atoms with Crippen LogP contribution in [0.2, 0.25) is 0 Å². The van der Waals surface area contributed by atoms with Crippen molar-refractivity contribution in [2.45, 2.75) is 31.6 Å². The summed E-state index contributed by atoms with van der Waals surface area (Å²) in [5, 5.41) is 6.87. The van der Waals surface area contributed by atoms with E-state index in [1.807, 2.05) is 0 Å². The Labute approximate surface area is 155 Å². The Bertz CT molecular complexity index is 815. The van der Waals surface area contributed by atoms with E-state index in [0.717, 1.165) is 56.6 Å². The zero-order valence-corrected chi connectivity index (χ0v) is 15.0. The first-order valence-corrected chi connectivity index (χ1v) is 9.39. The maximum Gasteiger partial charge on any atom is 0.280 e. The Kier molecular flexibility index (Phi) is 5.31. The van der Waals surface area contributed by atoms with E-state index in [-0.39, 0.29) is 23.2 Å². The molecule has 0 spiro atoms. The number of rotatable bonds is 7. The second-order valence-electron chi connectivity index (χ2n) is 7.04. The summed E-state index contributed by atoms with van der Waals surface area (Å²) < 4.78 is 33.2. The minimum Gasteiger partial charge on any atom is -0.379 e. The quantitative estimate of drug-likeness (QED) is 0.745. The van der Waals surface area contributed by atoms with Gasteiger partial charge in [-0.25, -0.2) is 18.3 Å². The molecule has 0 atom stereocenters. The molecule has 9 heteroatoms. The summed E-state index contributed by atoms with van der Waals surface area (Å²) in [6.45, 7) is 4.70. The first kappa shape index (κ1) is 18.2. The number of carbonyl (C=O) groups is 1. The van der Waals surface area contributed by atoms with Gasteiger partial charge in [0.25, 0.3) is 12.3 Å². The molecule has 0 radical (unpaired) electrons. The predicted octanol–water partition coefficient (Wildman–Crippen LogP) is 2.00. The van der Waals surface area contributed by atoms with Gasteiger partial charge in [0.15, 0.2) is 11.3 Å². The molecule has 146 valence electrons. The van der Waals surface area contributed by atoms with Crippen molar-refractivity contribution in [3.05, 3.63) is 29.2 Å². The fourth-order valence-electron chi connectivity index (χ4n) is 3.29. The van der Waals surface area contributed by atoms with E-state index in [2.05, 4.69) is 20.3 Å². The first-order chi connectivity index (χ1) is 13.1. The summed E-state index contributed by atoms with van der Waals surface area (Å²) in [7, 11) is 0. The van der Waals surface area contributed by atoms with Crippen LogP contribution in [0.15, 0.2) is 12.1 Å². The minimum absolute atomic E-state index is 0.115. The summed E-state index contributed by atoms with van der Waals surface area (Å²) in [6, 6.07) is 2.89. The molecule has 1 amide bonds. The molecule has 0 aromatic carbocycles. The minimum atomic E-state index is -2.67. The topological polar surface area (TPSA) is 71.8 Å². The van der Waals surface area contributed by atoms with Crippen molar-refractivity contribution in [1.82, 2.24) is 24.8 Å². The standard InChI is InChI=1S/C18H23F2N5O2/c19-17(20)15-10-13(12-2-3-12)22-16-11-14(23-25(15)16)18(26)21-4-1-5-24-6-8-27-9-7-24/h10-12,17H,1-9H2,(H,21,26). The van der Waals surface area contributed by atoms with E-state index < -0.39 is 6.43 Å². The summed E-state index contributed by atoms with van der Waals surface area (Å²) in [4.78, 5) is 19.0. The summed E-state index contributed by atoms with van der Waals surface area (Å²) >= 11 is 0. The van der Waals surface area contributed by atoms with Crippen LogP contribution in [-0.2, 0) is 4.74 Å². The van der Waals surface area contributed by atoms with Crippen molar-refractivity contribution in [1.29, 1.82) is 0 Å². The van der Waals surface area contributed by atoms with Gasteiger partial charge in [-0.15, -0.1) is 0 Å². The van der Waals surface area contributed by atoms with Crippen LogP contribution in [0, 0.1) is 0 Å². The van der Waals surface area contributed by atoms with Crippen LogP contribution < -0.4 is 5.32 Å². The Balaban J connectivity index is 1.40. The molecule has 4 rings (SSSR count). The van der Waals surface area contributed by atoms with Crippen LogP contribution >= 0.6 is 0 Å². The number of amides is 1. The molecule has 27 heavy (non-hydrogen) atoms. The van der Waals surface area contributed by atoms with E-state index in [9.17, 15) is 13.6 Å². The van der Waals surface area contributed by atoms with Crippen LogP contribution in [0.4, 0.5) is 8.78 Å². The lowest BCUT2D eigenvalue weighted by molar-refractivity contribution is 0.0374. The fourth-order valence-corrected chi connectivity index (χ4v) is 3.29. The second-order valence-corrected chi connectivity index (χ2v) is 7.04. The number of nitrogens with zero attached hydrogens (tertiary/aromatic N) is 4. The molecular formula is C18H23F2N5O2. The monoisotopic (exact) mass is 379 g/mol. The van der Waals surface area contributed by atoms with Gasteiger partial charge in [-0.2, -0.15) is 5.10 Å². The third-order valence-electron chi connectivity index (χ3n) is 4.97. The molecule has 2 aromatic rings. The highest BCUT2D eigenvalue weighted by molar-refractivity contribution is 5.93. The van der Waals surface area contributed by atoms with Gasteiger partial charge in [-0.05, 0) is 31.9 Å². The Morgan fingerprint density at radius 3 is 2.78 bits per heavy atom. The van der Waals surface area contributed by atoms with Gasteiger partial charge in [-0.3, -0.25) is 9.69 Å². The highest BCUT2D eigenvalue weighted by atomic mass is 19.3. The van der Waals surface area contributed by atoms with Crippen LogP contribution in [-0.4, -0.2) is 64.8 Å². The molecule has 0 bridgehead atoms. The smallest absolute Gasteiger partial charge is 0.280 e.